The molecule has 3 N–H and O–H groups in total. The largest absolute Gasteiger partial charge is 0.508 e. The Hall–Kier alpha value is -3.82. The number of nitrogens with one attached hydrogen (secondary N) is 2. The summed E-state index contributed by atoms with van der Waals surface area (Å²) >= 11 is 1.60. The van der Waals surface area contributed by atoms with Gasteiger partial charge in [-0.25, -0.2) is 9.97 Å². The van der Waals surface area contributed by atoms with E-state index in [9.17, 15) is 5.11 Å². The van der Waals surface area contributed by atoms with Crippen molar-refractivity contribution < 1.29 is 9.52 Å². The molecular weight excluding hydrogens is 436 g/mol. The molecule has 0 atom stereocenters. The number of rotatable bonds is 8. The second-order valence-corrected chi connectivity index (χ2v) is 8.38. The standard InChI is InChI=1S/C24H22N6O2S/c1-16-5-7-19(8-6-16)33-27-12-11-26-23-25-10-9-20(28-23)22-21(17-3-2-4-18(31)15-17)29-24-30(22)13-14-32-24/h2-10,13-15,27,31H,11-12H2,1H3,(H,25,26,28). The summed E-state index contributed by atoms with van der Waals surface area (Å²) in [4.78, 5) is 14.8. The maximum atomic E-state index is 9.93. The molecule has 0 fully saturated rings. The second kappa shape index (κ2) is 9.35. The number of hydrogen-bond acceptors (Lipinski definition) is 8. The molecule has 33 heavy (non-hydrogen) atoms. The zero-order valence-electron chi connectivity index (χ0n) is 17.9. The number of aromatic hydroxyl groups is 1. The van der Waals surface area contributed by atoms with Gasteiger partial charge in [0.05, 0.1) is 5.69 Å². The van der Waals surface area contributed by atoms with Gasteiger partial charge in [-0.15, -0.1) is 0 Å². The Morgan fingerprint density at radius 3 is 2.79 bits per heavy atom. The summed E-state index contributed by atoms with van der Waals surface area (Å²) in [7, 11) is 0. The van der Waals surface area contributed by atoms with Gasteiger partial charge in [-0.1, -0.05) is 29.8 Å². The molecule has 8 nitrogen and oxygen atoms in total. The van der Waals surface area contributed by atoms with Gasteiger partial charge in [0.15, 0.2) is 0 Å². The van der Waals surface area contributed by atoms with Gasteiger partial charge >= 0.3 is 5.84 Å². The number of anilines is 1. The van der Waals surface area contributed by atoms with Crippen LogP contribution in [0.5, 0.6) is 5.75 Å². The predicted octanol–water partition coefficient (Wildman–Crippen LogP) is 4.77. The van der Waals surface area contributed by atoms with E-state index in [1.807, 2.05) is 16.5 Å². The van der Waals surface area contributed by atoms with E-state index in [-0.39, 0.29) is 5.75 Å². The van der Waals surface area contributed by atoms with E-state index in [2.05, 4.69) is 51.2 Å². The Bertz CT molecular complexity index is 1380. The molecule has 3 aromatic heterocycles. The highest BCUT2D eigenvalue weighted by Crippen LogP contribution is 2.33. The first-order valence-corrected chi connectivity index (χ1v) is 11.3. The van der Waals surface area contributed by atoms with E-state index < -0.39 is 0 Å². The quantitative estimate of drug-likeness (QED) is 0.226. The summed E-state index contributed by atoms with van der Waals surface area (Å²) < 4.78 is 10.7. The van der Waals surface area contributed by atoms with Crippen molar-refractivity contribution in [1.29, 1.82) is 0 Å². The molecule has 0 bridgehead atoms. The topological polar surface area (TPSA) is 101 Å². The van der Waals surface area contributed by atoms with Crippen molar-refractivity contribution in [2.45, 2.75) is 11.8 Å². The molecule has 0 saturated carbocycles. The highest BCUT2D eigenvalue weighted by atomic mass is 32.2. The van der Waals surface area contributed by atoms with Crippen molar-refractivity contribution >= 4 is 23.7 Å². The zero-order chi connectivity index (χ0) is 22.6. The molecule has 0 aliphatic carbocycles. The summed E-state index contributed by atoms with van der Waals surface area (Å²) in [6, 6.07) is 17.2. The van der Waals surface area contributed by atoms with Crippen LogP contribution in [0.15, 0.2) is 82.6 Å². The van der Waals surface area contributed by atoms with Gasteiger partial charge in [-0.05, 0) is 49.2 Å². The number of imidazole rings is 1. The summed E-state index contributed by atoms with van der Waals surface area (Å²) in [6.45, 7) is 3.47. The summed E-state index contributed by atoms with van der Waals surface area (Å²) in [6.07, 6.45) is 5.09. The minimum Gasteiger partial charge on any atom is -0.508 e. The maximum Gasteiger partial charge on any atom is 0.306 e. The summed E-state index contributed by atoms with van der Waals surface area (Å²) in [5.74, 6) is 1.15. The summed E-state index contributed by atoms with van der Waals surface area (Å²) in [5, 5.41) is 13.2. The van der Waals surface area contributed by atoms with Crippen molar-refractivity contribution in [3.05, 3.63) is 78.8 Å². The Labute approximate surface area is 194 Å². The zero-order valence-corrected chi connectivity index (χ0v) is 18.7. The minimum atomic E-state index is 0.170. The van der Waals surface area contributed by atoms with Gasteiger partial charge in [0, 0.05) is 35.9 Å². The lowest BCUT2D eigenvalue weighted by Gasteiger charge is -2.08. The number of hydrogen-bond donors (Lipinski definition) is 3. The number of aromatic nitrogens is 4. The molecule has 0 aliphatic rings. The van der Waals surface area contributed by atoms with Crippen molar-refractivity contribution in [2.24, 2.45) is 0 Å². The smallest absolute Gasteiger partial charge is 0.306 e. The van der Waals surface area contributed by atoms with E-state index >= 15 is 0 Å². The van der Waals surface area contributed by atoms with Crippen LogP contribution in [-0.4, -0.2) is 37.5 Å². The third-order valence-corrected chi connectivity index (χ3v) is 5.86. The number of nitrogens with zero attached hydrogens (tertiary/aromatic N) is 4. The average Bonchev–Trinajstić information content (AvgIpc) is 3.42. The van der Waals surface area contributed by atoms with E-state index in [0.717, 1.165) is 17.8 Å². The number of oxazole rings is 1. The van der Waals surface area contributed by atoms with Crippen molar-refractivity contribution in [3.63, 3.8) is 0 Å². The number of fused-ring (bicyclic) bond motifs is 1. The number of aryl methyl sites for hydroxylation is 1. The fraction of sp³-hybridized carbons (Fsp3) is 0.125. The van der Waals surface area contributed by atoms with E-state index in [0.29, 0.717) is 29.7 Å². The minimum absolute atomic E-state index is 0.170. The monoisotopic (exact) mass is 458 g/mol. The molecule has 0 amide bonds. The van der Waals surface area contributed by atoms with Crippen LogP contribution < -0.4 is 10.0 Å². The molecule has 166 valence electrons. The van der Waals surface area contributed by atoms with Crippen LogP contribution in [0.1, 0.15) is 5.56 Å². The van der Waals surface area contributed by atoms with Crippen molar-refractivity contribution in [1.82, 2.24) is 24.1 Å². The molecule has 0 aliphatic heterocycles. The van der Waals surface area contributed by atoms with Crippen LogP contribution in [0, 0.1) is 6.92 Å². The Balaban J connectivity index is 1.31. The van der Waals surface area contributed by atoms with Gasteiger partial charge in [0.2, 0.25) is 5.95 Å². The van der Waals surface area contributed by atoms with Gasteiger partial charge in [0.25, 0.3) is 0 Å². The third kappa shape index (κ3) is 4.69. The van der Waals surface area contributed by atoms with Crippen LogP contribution in [0.3, 0.4) is 0 Å². The summed E-state index contributed by atoms with van der Waals surface area (Å²) in [5.41, 5.74) is 4.15. The molecule has 0 spiro atoms. The van der Waals surface area contributed by atoms with E-state index in [1.165, 1.54) is 10.5 Å². The highest BCUT2D eigenvalue weighted by Gasteiger charge is 2.19. The first-order valence-electron chi connectivity index (χ1n) is 10.5. The molecule has 5 aromatic rings. The maximum absolute atomic E-state index is 9.93. The van der Waals surface area contributed by atoms with Gasteiger partial charge in [-0.3, -0.25) is 9.12 Å². The number of benzene rings is 2. The molecule has 0 unspecified atom stereocenters. The second-order valence-electron chi connectivity index (χ2n) is 7.42. The molecule has 2 aromatic carbocycles. The molecule has 0 radical (unpaired) electrons. The number of phenolic OH excluding ortho intramolecular Hbond substituents is 1. The molecular formula is C24H22N6O2S. The lowest BCUT2D eigenvalue weighted by Crippen LogP contribution is -2.17. The molecule has 0 saturated heterocycles. The van der Waals surface area contributed by atoms with Gasteiger partial charge in [0.1, 0.15) is 23.4 Å². The van der Waals surface area contributed by atoms with Crippen molar-refractivity contribution in [2.75, 3.05) is 18.4 Å². The van der Waals surface area contributed by atoms with Crippen LogP contribution in [0.25, 0.3) is 28.5 Å². The SMILES string of the molecule is Cc1ccc(SNCCNc2nccc(-c3c(-c4cccc(O)c4)nc4occn34)n2)cc1. The normalized spacial score (nSPS) is 11.2. The van der Waals surface area contributed by atoms with E-state index in [1.54, 1.807) is 48.8 Å². The van der Waals surface area contributed by atoms with Crippen LogP contribution in [0.4, 0.5) is 5.95 Å². The fourth-order valence-corrected chi connectivity index (χ4v) is 4.07. The van der Waals surface area contributed by atoms with Gasteiger partial charge in [-0.2, -0.15) is 4.98 Å². The highest BCUT2D eigenvalue weighted by molar-refractivity contribution is 7.97. The van der Waals surface area contributed by atoms with Crippen LogP contribution in [0.2, 0.25) is 0 Å². The Morgan fingerprint density at radius 2 is 1.94 bits per heavy atom. The lowest BCUT2D eigenvalue weighted by atomic mass is 10.1. The van der Waals surface area contributed by atoms with E-state index in [4.69, 9.17) is 9.40 Å². The Morgan fingerprint density at radius 1 is 1.06 bits per heavy atom. The Kier molecular flexibility index (Phi) is 5.97. The van der Waals surface area contributed by atoms with Crippen molar-refractivity contribution in [3.8, 4) is 28.4 Å². The molecule has 9 heteroatoms. The first-order chi connectivity index (χ1) is 16.2. The fourth-order valence-electron chi connectivity index (χ4n) is 3.43. The average molecular weight is 459 g/mol. The van der Waals surface area contributed by atoms with Crippen LogP contribution in [-0.2, 0) is 0 Å². The van der Waals surface area contributed by atoms with Crippen LogP contribution >= 0.6 is 11.9 Å². The third-order valence-electron chi connectivity index (χ3n) is 5.00. The molecule has 5 rings (SSSR count). The van der Waals surface area contributed by atoms with Gasteiger partial charge < -0.3 is 14.8 Å². The first kappa shape index (κ1) is 21.0. The molecule has 3 heterocycles. The lowest BCUT2D eigenvalue weighted by molar-refractivity contribution is 0.475. The predicted molar refractivity (Wildman–Crippen MR) is 129 cm³/mol. The number of phenols is 1.